The third-order valence-electron chi connectivity index (χ3n) is 1.80. The Labute approximate surface area is 96.3 Å². The van der Waals surface area contributed by atoms with Gasteiger partial charge in [-0.15, -0.1) is 0 Å². The zero-order valence-electron chi connectivity index (χ0n) is 8.64. The molecule has 1 aromatic rings. The largest absolute Gasteiger partial charge is 0.465 e. The third-order valence-corrected chi connectivity index (χ3v) is 2.16. The van der Waals surface area contributed by atoms with E-state index in [1.165, 1.54) is 13.0 Å². The second kappa shape index (κ2) is 4.94. The van der Waals surface area contributed by atoms with Crippen LogP contribution >= 0.6 is 11.6 Å². The van der Waals surface area contributed by atoms with E-state index >= 15 is 0 Å². The van der Waals surface area contributed by atoms with E-state index in [4.69, 9.17) is 11.6 Å². The van der Waals surface area contributed by atoms with E-state index in [1.807, 2.05) is 0 Å². The normalized spacial score (nSPS) is 9.75. The number of carbonyl (C=O) groups is 2. The minimum Gasteiger partial charge on any atom is -0.465 e. The number of methoxy groups -OCH3 is 1. The van der Waals surface area contributed by atoms with Gasteiger partial charge in [0.1, 0.15) is 11.4 Å². The molecule has 0 aliphatic rings. The summed E-state index contributed by atoms with van der Waals surface area (Å²) in [7, 11) is 1.14. The summed E-state index contributed by atoms with van der Waals surface area (Å²) < 4.78 is 17.6. The first-order chi connectivity index (χ1) is 7.47. The highest BCUT2D eigenvalue weighted by Crippen LogP contribution is 2.28. The summed E-state index contributed by atoms with van der Waals surface area (Å²) in [4.78, 5) is 22.2. The van der Waals surface area contributed by atoms with Crippen molar-refractivity contribution in [2.45, 2.75) is 6.92 Å². The standard InChI is InChI=1S/C10H9ClFNO3/c1-5(14)13-7-4-3-6(12)9(11)8(7)10(15)16-2/h3-4H,1-2H3,(H,13,14). The summed E-state index contributed by atoms with van der Waals surface area (Å²) >= 11 is 5.63. The Balaban J connectivity index is 3.32. The maximum atomic E-state index is 13.1. The molecule has 1 N–H and O–H groups in total. The van der Waals surface area contributed by atoms with Gasteiger partial charge in [-0.3, -0.25) is 4.79 Å². The molecule has 1 rings (SSSR count). The van der Waals surface area contributed by atoms with Crippen molar-refractivity contribution < 1.29 is 18.7 Å². The molecule has 6 heteroatoms. The first-order valence-electron chi connectivity index (χ1n) is 4.31. The summed E-state index contributed by atoms with van der Waals surface area (Å²) in [6.45, 7) is 1.26. The molecule has 0 bridgehead atoms. The molecule has 0 atom stereocenters. The van der Waals surface area contributed by atoms with Crippen molar-refractivity contribution in [1.29, 1.82) is 0 Å². The zero-order valence-corrected chi connectivity index (χ0v) is 9.39. The Kier molecular flexibility index (Phi) is 3.84. The number of carbonyl (C=O) groups excluding carboxylic acids is 2. The van der Waals surface area contributed by atoms with E-state index in [0.29, 0.717) is 0 Å². The monoisotopic (exact) mass is 245 g/mol. The smallest absolute Gasteiger partial charge is 0.341 e. The van der Waals surface area contributed by atoms with Crippen LogP contribution in [0.15, 0.2) is 12.1 Å². The van der Waals surface area contributed by atoms with E-state index in [2.05, 4.69) is 10.1 Å². The summed E-state index contributed by atoms with van der Waals surface area (Å²) in [5.41, 5.74) is -0.0786. The van der Waals surface area contributed by atoms with Crippen molar-refractivity contribution in [3.05, 3.63) is 28.5 Å². The van der Waals surface area contributed by atoms with Crippen LogP contribution in [0, 0.1) is 5.82 Å². The lowest BCUT2D eigenvalue weighted by molar-refractivity contribution is -0.114. The molecule has 16 heavy (non-hydrogen) atoms. The number of nitrogens with one attached hydrogen (secondary N) is 1. The van der Waals surface area contributed by atoms with E-state index in [-0.39, 0.29) is 16.3 Å². The lowest BCUT2D eigenvalue weighted by Gasteiger charge is -2.10. The average Bonchev–Trinajstić information content (AvgIpc) is 2.22. The molecule has 4 nitrogen and oxygen atoms in total. The number of hydrogen-bond donors (Lipinski definition) is 1. The SMILES string of the molecule is COC(=O)c1c(NC(C)=O)ccc(F)c1Cl. The van der Waals surface area contributed by atoms with Crippen molar-refractivity contribution in [3.63, 3.8) is 0 Å². The highest BCUT2D eigenvalue weighted by molar-refractivity contribution is 6.34. The van der Waals surface area contributed by atoms with Gasteiger partial charge in [-0.05, 0) is 12.1 Å². The van der Waals surface area contributed by atoms with Gasteiger partial charge in [-0.1, -0.05) is 11.6 Å². The van der Waals surface area contributed by atoms with Crippen LogP contribution in [0.1, 0.15) is 17.3 Å². The molecule has 0 aliphatic carbocycles. The van der Waals surface area contributed by atoms with Gasteiger partial charge in [0.2, 0.25) is 5.91 Å². The van der Waals surface area contributed by atoms with Crippen LogP contribution in [-0.4, -0.2) is 19.0 Å². The van der Waals surface area contributed by atoms with Gasteiger partial charge in [0.05, 0.1) is 17.8 Å². The van der Waals surface area contributed by atoms with Crippen molar-refractivity contribution in [2.75, 3.05) is 12.4 Å². The zero-order chi connectivity index (χ0) is 12.3. The molecule has 0 heterocycles. The number of esters is 1. The summed E-state index contributed by atoms with van der Waals surface area (Å²) in [5, 5.41) is 1.99. The molecular formula is C10H9ClFNO3. The fourth-order valence-electron chi connectivity index (χ4n) is 1.15. The number of benzene rings is 1. The maximum Gasteiger partial charge on any atom is 0.341 e. The second-order valence-corrected chi connectivity index (χ2v) is 3.33. The number of halogens is 2. The number of amides is 1. The van der Waals surface area contributed by atoms with Crippen LogP contribution in [0.4, 0.5) is 10.1 Å². The van der Waals surface area contributed by atoms with Gasteiger partial charge >= 0.3 is 5.97 Å². The van der Waals surface area contributed by atoms with Crippen LogP contribution in [0.2, 0.25) is 5.02 Å². The Bertz CT molecular complexity index is 448. The minimum atomic E-state index is -0.812. The molecule has 0 saturated carbocycles. The van der Waals surface area contributed by atoms with Crippen LogP contribution in [0.3, 0.4) is 0 Å². The summed E-state index contributed by atoms with van der Waals surface area (Å²) in [5.74, 6) is -1.96. The predicted octanol–water partition coefficient (Wildman–Crippen LogP) is 2.22. The summed E-state index contributed by atoms with van der Waals surface area (Å²) in [6, 6.07) is 2.30. The molecule has 0 radical (unpaired) electrons. The molecule has 1 aromatic carbocycles. The molecule has 0 unspecified atom stereocenters. The molecule has 0 spiro atoms. The van der Waals surface area contributed by atoms with E-state index < -0.39 is 17.7 Å². The van der Waals surface area contributed by atoms with Crippen LogP contribution in [-0.2, 0) is 9.53 Å². The van der Waals surface area contributed by atoms with Gasteiger partial charge in [0.25, 0.3) is 0 Å². The number of rotatable bonds is 2. The highest BCUT2D eigenvalue weighted by Gasteiger charge is 2.20. The van der Waals surface area contributed by atoms with Gasteiger partial charge in [0, 0.05) is 6.92 Å². The van der Waals surface area contributed by atoms with Crippen molar-refractivity contribution in [2.24, 2.45) is 0 Å². The van der Waals surface area contributed by atoms with Gasteiger partial charge < -0.3 is 10.1 Å². The van der Waals surface area contributed by atoms with Gasteiger partial charge in [-0.2, -0.15) is 0 Å². The molecule has 0 fully saturated rings. The van der Waals surface area contributed by atoms with E-state index in [1.54, 1.807) is 0 Å². The van der Waals surface area contributed by atoms with E-state index in [9.17, 15) is 14.0 Å². The van der Waals surface area contributed by atoms with Crippen LogP contribution < -0.4 is 5.32 Å². The van der Waals surface area contributed by atoms with Crippen LogP contribution in [0.5, 0.6) is 0 Å². The Hall–Kier alpha value is -1.62. The molecular weight excluding hydrogens is 237 g/mol. The van der Waals surface area contributed by atoms with Gasteiger partial charge in [-0.25, -0.2) is 9.18 Å². The second-order valence-electron chi connectivity index (χ2n) is 2.96. The predicted molar refractivity (Wildman–Crippen MR) is 57.1 cm³/mol. The molecule has 0 aliphatic heterocycles. The van der Waals surface area contributed by atoms with Crippen molar-refractivity contribution >= 4 is 29.2 Å². The number of hydrogen-bond acceptors (Lipinski definition) is 3. The Morgan fingerprint density at radius 2 is 2.06 bits per heavy atom. The molecule has 0 aromatic heterocycles. The fourth-order valence-corrected chi connectivity index (χ4v) is 1.39. The molecule has 0 saturated heterocycles. The lowest BCUT2D eigenvalue weighted by atomic mass is 10.1. The molecule has 1 amide bonds. The van der Waals surface area contributed by atoms with E-state index in [0.717, 1.165) is 13.2 Å². The average molecular weight is 246 g/mol. The quantitative estimate of drug-likeness (QED) is 0.813. The lowest BCUT2D eigenvalue weighted by Crippen LogP contribution is -2.13. The number of ether oxygens (including phenoxy) is 1. The maximum absolute atomic E-state index is 13.1. The first kappa shape index (κ1) is 12.4. The van der Waals surface area contributed by atoms with Crippen molar-refractivity contribution in [1.82, 2.24) is 0 Å². The summed E-state index contributed by atoms with van der Waals surface area (Å²) in [6.07, 6.45) is 0. The Morgan fingerprint density at radius 1 is 1.44 bits per heavy atom. The number of anilines is 1. The molecule has 86 valence electrons. The van der Waals surface area contributed by atoms with Gasteiger partial charge in [0.15, 0.2) is 0 Å². The fraction of sp³-hybridized carbons (Fsp3) is 0.200. The highest BCUT2D eigenvalue weighted by atomic mass is 35.5. The minimum absolute atomic E-state index is 0.116. The van der Waals surface area contributed by atoms with Crippen molar-refractivity contribution in [3.8, 4) is 0 Å². The third kappa shape index (κ3) is 2.49. The van der Waals surface area contributed by atoms with Crippen LogP contribution in [0.25, 0.3) is 0 Å². The first-order valence-corrected chi connectivity index (χ1v) is 4.69. The topological polar surface area (TPSA) is 55.4 Å². The Morgan fingerprint density at radius 3 is 2.56 bits per heavy atom.